The lowest BCUT2D eigenvalue weighted by atomic mass is 10.1. The molecule has 1 amide bonds. The summed E-state index contributed by atoms with van der Waals surface area (Å²) >= 11 is 0. The van der Waals surface area contributed by atoms with Gasteiger partial charge in [-0.3, -0.25) is 9.59 Å². The van der Waals surface area contributed by atoms with Crippen LogP contribution in [0.1, 0.15) is 12.8 Å². The predicted octanol–water partition coefficient (Wildman–Crippen LogP) is -0.163. The smallest absolute Gasteiger partial charge is 0.224 e. The van der Waals surface area contributed by atoms with Gasteiger partial charge in [0.2, 0.25) is 5.91 Å². The fourth-order valence-electron chi connectivity index (χ4n) is 1.43. The quantitative estimate of drug-likeness (QED) is 0.541. The fraction of sp³-hybridized carbons (Fsp3) is 0.333. The number of hydrogen-bond donors (Lipinski definition) is 2. The first-order chi connectivity index (χ1) is 6.27. The van der Waals surface area contributed by atoms with E-state index in [1.807, 2.05) is 6.08 Å². The van der Waals surface area contributed by atoms with Gasteiger partial charge in [0.1, 0.15) is 5.70 Å². The van der Waals surface area contributed by atoms with Crippen LogP contribution in [0, 0.1) is 0 Å². The summed E-state index contributed by atoms with van der Waals surface area (Å²) in [5.74, 6) is -0.0793. The third kappa shape index (κ3) is 1.47. The van der Waals surface area contributed by atoms with Crippen molar-refractivity contribution in [1.29, 1.82) is 0 Å². The predicted molar refractivity (Wildman–Crippen MR) is 46.6 cm³/mol. The highest BCUT2D eigenvalue weighted by molar-refractivity contribution is 6.00. The highest BCUT2D eigenvalue weighted by atomic mass is 16.2. The molecule has 0 aromatic heterocycles. The van der Waals surface area contributed by atoms with E-state index in [4.69, 9.17) is 0 Å². The summed E-state index contributed by atoms with van der Waals surface area (Å²) in [6.07, 6.45) is 4.22. The Labute approximate surface area is 75.7 Å². The summed E-state index contributed by atoms with van der Waals surface area (Å²) < 4.78 is 0. The molecule has 0 atom stereocenters. The molecule has 2 heterocycles. The Morgan fingerprint density at radius 2 is 2.08 bits per heavy atom. The van der Waals surface area contributed by atoms with Crippen LogP contribution in [-0.4, -0.2) is 18.2 Å². The lowest BCUT2D eigenvalue weighted by molar-refractivity contribution is -0.122. The standard InChI is InChI=1S/C9H10N2O2/c12-7-3-4-8(13)11-6-2-1-5-10-9(6)7/h1-2,10H,3-5H2,(H,11,13). The first kappa shape index (κ1) is 8.04. The lowest BCUT2D eigenvalue weighted by Crippen LogP contribution is -2.28. The van der Waals surface area contributed by atoms with Crippen LogP contribution in [0.3, 0.4) is 0 Å². The van der Waals surface area contributed by atoms with Crippen molar-refractivity contribution < 1.29 is 9.59 Å². The van der Waals surface area contributed by atoms with E-state index in [1.54, 1.807) is 6.08 Å². The number of carbonyl (C=O) groups is 2. The molecule has 2 N–H and O–H groups in total. The molecule has 0 bridgehead atoms. The molecule has 2 rings (SSSR count). The molecule has 0 fully saturated rings. The van der Waals surface area contributed by atoms with Crippen molar-refractivity contribution in [3.05, 3.63) is 23.5 Å². The Kier molecular flexibility index (Phi) is 1.88. The Balaban J connectivity index is 2.36. The van der Waals surface area contributed by atoms with Crippen molar-refractivity contribution in [2.24, 2.45) is 0 Å². The molecular formula is C9H10N2O2. The van der Waals surface area contributed by atoms with Gasteiger partial charge in [0, 0.05) is 19.4 Å². The summed E-state index contributed by atoms with van der Waals surface area (Å²) in [6.45, 7) is 0.653. The van der Waals surface area contributed by atoms with Crippen LogP contribution in [0.4, 0.5) is 0 Å². The fourth-order valence-corrected chi connectivity index (χ4v) is 1.43. The second-order valence-electron chi connectivity index (χ2n) is 3.04. The van der Waals surface area contributed by atoms with Gasteiger partial charge < -0.3 is 10.6 Å². The van der Waals surface area contributed by atoms with Crippen molar-refractivity contribution >= 4 is 11.7 Å². The van der Waals surface area contributed by atoms with Crippen LogP contribution in [0.5, 0.6) is 0 Å². The molecule has 2 aliphatic rings. The van der Waals surface area contributed by atoms with E-state index in [0.717, 1.165) is 0 Å². The zero-order chi connectivity index (χ0) is 9.26. The first-order valence-corrected chi connectivity index (χ1v) is 4.25. The third-order valence-corrected chi connectivity index (χ3v) is 2.08. The van der Waals surface area contributed by atoms with Crippen LogP contribution in [-0.2, 0) is 9.59 Å². The van der Waals surface area contributed by atoms with E-state index in [1.165, 1.54) is 0 Å². The number of carbonyl (C=O) groups excluding carboxylic acids is 2. The molecule has 0 saturated carbocycles. The average molecular weight is 178 g/mol. The first-order valence-electron chi connectivity index (χ1n) is 4.25. The van der Waals surface area contributed by atoms with Crippen molar-refractivity contribution in [2.45, 2.75) is 12.8 Å². The molecule has 2 aliphatic heterocycles. The van der Waals surface area contributed by atoms with Gasteiger partial charge in [-0.1, -0.05) is 6.08 Å². The number of dihydropyridines is 1. The molecule has 0 radical (unpaired) electrons. The monoisotopic (exact) mass is 178 g/mol. The summed E-state index contributed by atoms with van der Waals surface area (Å²) in [7, 11) is 0. The largest absolute Gasteiger partial charge is 0.377 e. The Hall–Kier alpha value is -1.58. The van der Waals surface area contributed by atoms with Gasteiger partial charge in [-0.2, -0.15) is 0 Å². The van der Waals surface area contributed by atoms with Gasteiger partial charge in [-0.25, -0.2) is 0 Å². The maximum Gasteiger partial charge on any atom is 0.224 e. The van der Waals surface area contributed by atoms with Crippen LogP contribution in [0.25, 0.3) is 0 Å². The molecule has 0 aromatic rings. The van der Waals surface area contributed by atoms with E-state index in [-0.39, 0.29) is 18.1 Å². The van der Waals surface area contributed by atoms with E-state index in [2.05, 4.69) is 10.6 Å². The van der Waals surface area contributed by atoms with E-state index < -0.39 is 0 Å². The van der Waals surface area contributed by atoms with Gasteiger partial charge >= 0.3 is 0 Å². The van der Waals surface area contributed by atoms with Gasteiger partial charge in [0.15, 0.2) is 5.78 Å². The van der Waals surface area contributed by atoms with Crippen LogP contribution < -0.4 is 10.6 Å². The molecule has 4 heteroatoms. The number of amides is 1. The number of ketones is 1. The van der Waals surface area contributed by atoms with Crippen LogP contribution in [0.15, 0.2) is 23.5 Å². The molecule has 68 valence electrons. The molecule has 0 unspecified atom stereocenters. The van der Waals surface area contributed by atoms with Gasteiger partial charge in [-0.15, -0.1) is 0 Å². The second-order valence-corrected chi connectivity index (χ2v) is 3.04. The molecule has 4 nitrogen and oxygen atoms in total. The number of nitrogens with one attached hydrogen (secondary N) is 2. The maximum absolute atomic E-state index is 11.4. The summed E-state index contributed by atoms with van der Waals surface area (Å²) in [4.78, 5) is 22.6. The summed E-state index contributed by atoms with van der Waals surface area (Å²) in [5.41, 5.74) is 1.16. The van der Waals surface area contributed by atoms with E-state index >= 15 is 0 Å². The van der Waals surface area contributed by atoms with Crippen molar-refractivity contribution in [3.63, 3.8) is 0 Å². The zero-order valence-corrected chi connectivity index (χ0v) is 7.09. The molecular weight excluding hydrogens is 168 g/mol. The zero-order valence-electron chi connectivity index (χ0n) is 7.09. The number of allylic oxidation sites excluding steroid dienone is 2. The molecule has 13 heavy (non-hydrogen) atoms. The Morgan fingerprint density at radius 1 is 1.23 bits per heavy atom. The van der Waals surface area contributed by atoms with Crippen molar-refractivity contribution in [3.8, 4) is 0 Å². The van der Waals surface area contributed by atoms with Crippen molar-refractivity contribution in [1.82, 2.24) is 10.6 Å². The topological polar surface area (TPSA) is 58.2 Å². The minimum Gasteiger partial charge on any atom is -0.377 e. The molecule has 0 aromatic carbocycles. The van der Waals surface area contributed by atoms with E-state index in [0.29, 0.717) is 24.4 Å². The number of hydrogen-bond acceptors (Lipinski definition) is 3. The van der Waals surface area contributed by atoms with Crippen LogP contribution >= 0.6 is 0 Å². The molecule has 0 aliphatic carbocycles. The molecule has 0 spiro atoms. The minimum absolute atomic E-state index is 0.0118. The Bertz CT molecular complexity index is 329. The summed E-state index contributed by atoms with van der Waals surface area (Å²) in [6, 6.07) is 0. The molecule has 0 saturated heterocycles. The van der Waals surface area contributed by atoms with Gasteiger partial charge in [0.05, 0.1) is 5.70 Å². The average Bonchev–Trinajstić information content (AvgIpc) is 2.27. The van der Waals surface area contributed by atoms with Gasteiger partial charge in [0.25, 0.3) is 0 Å². The maximum atomic E-state index is 11.4. The van der Waals surface area contributed by atoms with E-state index in [9.17, 15) is 9.59 Å². The summed E-state index contributed by atoms with van der Waals surface area (Å²) in [5, 5.41) is 5.64. The van der Waals surface area contributed by atoms with Crippen LogP contribution in [0.2, 0.25) is 0 Å². The van der Waals surface area contributed by atoms with Crippen molar-refractivity contribution in [2.75, 3.05) is 6.54 Å². The number of Topliss-reactive ketones (excluding diaryl/α,β-unsaturated/α-hetero) is 1. The SMILES string of the molecule is O=C1CCC(=O)C2=C(C=CCN2)N1. The second kappa shape index (κ2) is 3.05. The normalized spacial score (nSPS) is 21.8. The number of rotatable bonds is 0. The minimum atomic E-state index is -0.0910. The highest BCUT2D eigenvalue weighted by Crippen LogP contribution is 2.13. The lowest BCUT2D eigenvalue weighted by Gasteiger charge is -2.14. The Morgan fingerprint density at radius 3 is 2.92 bits per heavy atom. The van der Waals surface area contributed by atoms with Gasteiger partial charge in [-0.05, 0) is 6.08 Å². The third-order valence-electron chi connectivity index (χ3n) is 2.08. The highest BCUT2D eigenvalue weighted by Gasteiger charge is 2.21.